The number of benzene rings is 2. The van der Waals surface area contributed by atoms with E-state index in [9.17, 15) is 0 Å². The highest BCUT2D eigenvalue weighted by Gasteiger charge is 2.26. The minimum absolute atomic E-state index is 1.15. The Morgan fingerprint density at radius 1 is 0.850 bits per heavy atom. The molecule has 0 saturated heterocycles. The van der Waals surface area contributed by atoms with Crippen LogP contribution in [0, 0.1) is 19.8 Å². The fraction of sp³-hybridized carbons (Fsp3) is 0.250. The Labute approximate surface area is 122 Å². The van der Waals surface area contributed by atoms with E-state index in [1.165, 1.54) is 45.7 Å². The summed E-state index contributed by atoms with van der Waals surface area (Å²) < 4.78 is 0. The smallest absolute Gasteiger partial charge is 0.0352 e. The van der Waals surface area contributed by atoms with E-state index in [-0.39, 0.29) is 0 Å². The van der Waals surface area contributed by atoms with Crippen molar-refractivity contribution in [3.63, 3.8) is 0 Å². The van der Waals surface area contributed by atoms with Crippen LogP contribution >= 0.6 is 0 Å². The molecule has 0 heteroatoms. The fourth-order valence-corrected chi connectivity index (χ4v) is 3.09. The second kappa shape index (κ2) is 5.28. The van der Waals surface area contributed by atoms with Gasteiger partial charge < -0.3 is 0 Å². The lowest BCUT2D eigenvalue weighted by Crippen LogP contribution is -2.01. The van der Waals surface area contributed by atoms with E-state index in [2.05, 4.69) is 69.3 Å². The third kappa shape index (κ3) is 2.10. The molecule has 0 saturated carbocycles. The largest absolute Gasteiger partial charge is 0.0653 e. The molecule has 0 fully saturated rings. The van der Waals surface area contributed by atoms with Gasteiger partial charge in [0.05, 0.1) is 0 Å². The zero-order chi connectivity index (χ0) is 14.1. The van der Waals surface area contributed by atoms with Gasteiger partial charge in [-0.25, -0.2) is 0 Å². The maximum atomic E-state index is 2.36. The average Bonchev–Trinajstić information content (AvgIpc) is 2.81. The van der Waals surface area contributed by atoms with Crippen LogP contribution in [0.2, 0.25) is 0 Å². The third-order valence-electron chi connectivity index (χ3n) is 4.31. The summed E-state index contributed by atoms with van der Waals surface area (Å²) in [7, 11) is 0. The zero-order valence-corrected chi connectivity index (χ0v) is 12.5. The molecule has 2 aromatic rings. The summed E-state index contributed by atoms with van der Waals surface area (Å²) in [6.07, 6.45) is 4.70. The fourth-order valence-electron chi connectivity index (χ4n) is 3.09. The second-order valence-electron chi connectivity index (χ2n) is 5.62. The minimum Gasteiger partial charge on any atom is -0.0653 e. The molecule has 0 unspecified atom stereocenters. The number of allylic oxidation sites excluding steroid dienone is 1. The van der Waals surface area contributed by atoms with E-state index in [1.54, 1.807) is 0 Å². The maximum absolute atomic E-state index is 2.36. The summed E-state index contributed by atoms with van der Waals surface area (Å²) in [4.78, 5) is 0. The molecule has 1 aliphatic carbocycles. The van der Waals surface area contributed by atoms with E-state index in [1.807, 2.05) is 0 Å². The number of hydrogen-bond donors (Lipinski definition) is 0. The van der Waals surface area contributed by atoms with Gasteiger partial charge in [-0.1, -0.05) is 55.8 Å². The van der Waals surface area contributed by atoms with Crippen molar-refractivity contribution < 1.29 is 0 Å². The Balaban J connectivity index is 2.12. The molecule has 0 atom stereocenters. The summed E-state index contributed by atoms with van der Waals surface area (Å²) in [6.45, 7) is 6.69. The highest BCUT2D eigenvalue weighted by molar-refractivity contribution is 5.99. The van der Waals surface area contributed by atoms with E-state index in [0.29, 0.717) is 0 Å². The molecule has 1 aliphatic rings. The van der Waals surface area contributed by atoms with Gasteiger partial charge in [0.25, 0.3) is 0 Å². The first-order valence-electron chi connectivity index (χ1n) is 7.46. The quantitative estimate of drug-likeness (QED) is 0.676. The predicted octanol–water partition coefficient (Wildman–Crippen LogP) is 5.58. The topological polar surface area (TPSA) is 0 Å². The van der Waals surface area contributed by atoms with Gasteiger partial charge in [0.15, 0.2) is 0 Å². The Kier molecular flexibility index (Phi) is 3.48. The van der Waals surface area contributed by atoms with E-state index in [4.69, 9.17) is 0 Å². The van der Waals surface area contributed by atoms with Gasteiger partial charge in [0.2, 0.25) is 0 Å². The molecule has 0 spiro atoms. The number of fused-ring (bicyclic) bond motifs is 1. The highest BCUT2D eigenvalue weighted by atomic mass is 14.3. The molecule has 2 aromatic carbocycles. The average molecular weight is 261 g/mol. The predicted molar refractivity (Wildman–Crippen MR) is 87.5 cm³/mol. The van der Waals surface area contributed by atoms with Gasteiger partial charge in [0, 0.05) is 5.92 Å². The van der Waals surface area contributed by atoms with E-state index >= 15 is 0 Å². The molecule has 0 N–H and O–H groups in total. The molecule has 0 amide bonds. The Hall–Kier alpha value is -1.82. The molecule has 1 radical (unpaired) electrons. The van der Waals surface area contributed by atoms with Crippen molar-refractivity contribution in [2.24, 2.45) is 0 Å². The van der Waals surface area contributed by atoms with Crippen molar-refractivity contribution in [2.75, 3.05) is 0 Å². The first-order valence-corrected chi connectivity index (χ1v) is 7.46. The molecular formula is C20H21. The van der Waals surface area contributed by atoms with E-state index < -0.39 is 0 Å². The lowest BCUT2D eigenvalue weighted by molar-refractivity contribution is 0.872. The van der Waals surface area contributed by atoms with Crippen molar-refractivity contribution in [1.29, 1.82) is 0 Å². The zero-order valence-electron chi connectivity index (χ0n) is 12.5. The summed E-state index contributed by atoms with van der Waals surface area (Å²) >= 11 is 0. The van der Waals surface area contributed by atoms with E-state index in [0.717, 1.165) is 6.42 Å². The molecule has 0 heterocycles. The van der Waals surface area contributed by atoms with Crippen LogP contribution in [-0.4, -0.2) is 0 Å². The van der Waals surface area contributed by atoms with Crippen molar-refractivity contribution in [3.05, 3.63) is 76.2 Å². The normalized spacial score (nSPS) is 14.2. The molecule has 101 valence electrons. The molecule has 0 aliphatic heterocycles. The van der Waals surface area contributed by atoms with Crippen LogP contribution in [0.15, 0.2) is 42.5 Å². The van der Waals surface area contributed by atoms with Crippen molar-refractivity contribution in [2.45, 2.75) is 33.6 Å². The summed E-state index contributed by atoms with van der Waals surface area (Å²) in [6, 6.07) is 15.4. The van der Waals surface area contributed by atoms with Gasteiger partial charge >= 0.3 is 0 Å². The van der Waals surface area contributed by atoms with Gasteiger partial charge in [0.1, 0.15) is 0 Å². The molecular weight excluding hydrogens is 240 g/mol. The van der Waals surface area contributed by atoms with Crippen LogP contribution < -0.4 is 0 Å². The second-order valence-corrected chi connectivity index (χ2v) is 5.62. The van der Waals surface area contributed by atoms with Crippen LogP contribution in [0.4, 0.5) is 0 Å². The highest BCUT2D eigenvalue weighted by Crippen LogP contribution is 2.44. The Morgan fingerprint density at radius 2 is 1.60 bits per heavy atom. The Bertz CT molecular complexity index is 661. The standard InChI is InChI=1S/C20H21/c1-4-8-19-18-11-6-5-10-16(18)13-20(19)17-12-7-9-14(2)15(17)3/h5-7,9-13H,4,8H2,1-3H3. The maximum Gasteiger partial charge on any atom is 0.0352 e. The number of hydrogen-bond acceptors (Lipinski definition) is 0. The lowest BCUT2D eigenvalue weighted by atomic mass is 9.85. The summed E-state index contributed by atoms with van der Waals surface area (Å²) in [5.41, 5.74) is 8.38. The first-order chi connectivity index (χ1) is 9.72. The molecule has 3 rings (SSSR count). The first kappa shape index (κ1) is 13.2. The van der Waals surface area contributed by atoms with Crippen LogP contribution in [0.25, 0.3) is 11.6 Å². The van der Waals surface area contributed by atoms with Crippen LogP contribution in [0.5, 0.6) is 0 Å². The molecule has 0 bridgehead atoms. The SMILES string of the molecule is CCC[C]1C(c2cccc(C)c2C)=Cc2ccccc21. The summed E-state index contributed by atoms with van der Waals surface area (Å²) in [5, 5.41) is 0. The van der Waals surface area contributed by atoms with Crippen molar-refractivity contribution >= 4 is 11.6 Å². The van der Waals surface area contributed by atoms with Crippen molar-refractivity contribution in [3.8, 4) is 0 Å². The molecule has 0 aromatic heterocycles. The monoisotopic (exact) mass is 261 g/mol. The molecule has 20 heavy (non-hydrogen) atoms. The third-order valence-corrected chi connectivity index (χ3v) is 4.31. The molecule has 0 nitrogen and oxygen atoms in total. The van der Waals surface area contributed by atoms with Crippen molar-refractivity contribution in [1.82, 2.24) is 0 Å². The van der Waals surface area contributed by atoms with Gasteiger partial charge in [-0.3, -0.25) is 0 Å². The van der Waals surface area contributed by atoms with Crippen LogP contribution in [-0.2, 0) is 0 Å². The van der Waals surface area contributed by atoms with Gasteiger partial charge in [-0.05, 0) is 59.7 Å². The van der Waals surface area contributed by atoms with Crippen LogP contribution in [0.3, 0.4) is 0 Å². The number of rotatable bonds is 3. The minimum atomic E-state index is 1.15. The van der Waals surface area contributed by atoms with Gasteiger partial charge in [-0.15, -0.1) is 0 Å². The Morgan fingerprint density at radius 3 is 2.40 bits per heavy atom. The number of aryl methyl sites for hydroxylation is 1. The van der Waals surface area contributed by atoms with Gasteiger partial charge in [-0.2, -0.15) is 0 Å². The summed E-state index contributed by atoms with van der Waals surface area (Å²) in [5.74, 6) is 1.51. The van der Waals surface area contributed by atoms with Crippen LogP contribution in [0.1, 0.15) is 47.6 Å². The lowest BCUT2D eigenvalue weighted by Gasteiger charge is -2.18.